The Morgan fingerprint density at radius 3 is 2.50 bits per heavy atom. The molecule has 0 radical (unpaired) electrons. The molecule has 2 aromatic rings. The molecule has 1 aliphatic rings. The molecule has 1 aliphatic carbocycles. The molecule has 104 valence electrons. The first kappa shape index (κ1) is 13.2. The number of halogens is 1. The van der Waals surface area contributed by atoms with Crippen molar-refractivity contribution < 1.29 is 0 Å². The van der Waals surface area contributed by atoms with Crippen LogP contribution in [0.15, 0.2) is 46.2 Å². The molecular formula is C15H15ClN2O2. The van der Waals surface area contributed by atoms with Gasteiger partial charge < -0.3 is 4.57 Å². The lowest BCUT2D eigenvalue weighted by atomic mass is 9.85. The minimum Gasteiger partial charge on any atom is -0.309 e. The highest BCUT2D eigenvalue weighted by Gasteiger charge is 2.19. The van der Waals surface area contributed by atoms with Crippen LogP contribution in [0.4, 0.5) is 0 Å². The van der Waals surface area contributed by atoms with E-state index < -0.39 is 11.1 Å². The van der Waals surface area contributed by atoms with Gasteiger partial charge >= 0.3 is 11.1 Å². The summed E-state index contributed by atoms with van der Waals surface area (Å²) in [6.07, 6.45) is 6.78. The third kappa shape index (κ3) is 2.31. The van der Waals surface area contributed by atoms with Gasteiger partial charge in [-0.2, -0.15) is 0 Å². The zero-order valence-electron chi connectivity index (χ0n) is 11.0. The van der Waals surface area contributed by atoms with Crippen molar-refractivity contribution in [3.05, 3.63) is 62.4 Å². The Bertz CT molecular complexity index is 744. The lowest BCUT2D eigenvalue weighted by molar-refractivity contribution is 0.272. The van der Waals surface area contributed by atoms with Gasteiger partial charge in [-0.25, -0.2) is 0 Å². The molecule has 1 fully saturated rings. The molecule has 0 N–H and O–H groups in total. The molecule has 5 heteroatoms. The average Bonchev–Trinajstić information content (AvgIpc) is 2.40. The first-order valence-corrected chi connectivity index (χ1v) is 7.11. The van der Waals surface area contributed by atoms with Gasteiger partial charge in [0.25, 0.3) is 0 Å². The van der Waals surface area contributed by atoms with Gasteiger partial charge in [-0.05, 0) is 30.9 Å². The molecule has 0 bridgehead atoms. The summed E-state index contributed by atoms with van der Waals surface area (Å²) in [5.74, 6) is 0.531. The van der Waals surface area contributed by atoms with Gasteiger partial charge in [-0.1, -0.05) is 30.2 Å². The van der Waals surface area contributed by atoms with Crippen molar-refractivity contribution >= 4 is 11.6 Å². The van der Waals surface area contributed by atoms with Gasteiger partial charge in [0.05, 0.1) is 10.7 Å². The molecule has 0 saturated heterocycles. The Labute approximate surface area is 121 Å². The van der Waals surface area contributed by atoms with Gasteiger partial charge in [-0.15, -0.1) is 0 Å². The third-order valence-electron chi connectivity index (χ3n) is 3.85. The van der Waals surface area contributed by atoms with Crippen LogP contribution >= 0.6 is 11.6 Å². The minimum atomic E-state index is -0.556. The Morgan fingerprint density at radius 2 is 1.85 bits per heavy atom. The second-order valence-corrected chi connectivity index (χ2v) is 5.59. The van der Waals surface area contributed by atoms with Crippen molar-refractivity contribution in [1.82, 2.24) is 9.13 Å². The Hall–Kier alpha value is -1.81. The molecule has 0 unspecified atom stereocenters. The highest BCUT2D eigenvalue weighted by molar-refractivity contribution is 6.32. The normalized spacial score (nSPS) is 15.1. The summed E-state index contributed by atoms with van der Waals surface area (Å²) < 4.78 is 2.82. The molecule has 0 spiro atoms. The summed E-state index contributed by atoms with van der Waals surface area (Å²) in [6, 6.07) is 6.99. The van der Waals surface area contributed by atoms with Gasteiger partial charge in [0.2, 0.25) is 0 Å². The summed E-state index contributed by atoms with van der Waals surface area (Å²) in [6.45, 7) is 0.636. The van der Waals surface area contributed by atoms with Crippen LogP contribution in [-0.4, -0.2) is 9.13 Å². The van der Waals surface area contributed by atoms with E-state index in [2.05, 4.69) is 0 Å². The number of aromatic nitrogens is 2. The van der Waals surface area contributed by atoms with E-state index in [0.29, 0.717) is 23.2 Å². The molecule has 0 amide bonds. The van der Waals surface area contributed by atoms with Crippen molar-refractivity contribution in [3.63, 3.8) is 0 Å². The average molecular weight is 291 g/mol. The predicted octanol–water partition coefficient (Wildman–Crippen LogP) is 2.45. The van der Waals surface area contributed by atoms with Crippen molar-refractivity contribution in [3.8, 4) is 5.69 Å². The third-order valence-corrected chi connectivity index (χ3v) is 4.17. The number of hydrogen-bond donors (Lipinski definition) is 0. The van der Waals surface area contributed by atoms with Crippen LogP contribution in [0.2, 0.25) is 5.02 Å². The molecule has 1 aromatic carbocycles. The maximum Gasteiger partial charge on any atom is 0.321 e. The van der Waals surface area contributed by atoms with E-state index in [-0.39, 0.29) is 0 Å². The van der Waals surface area contributed by atoms with E-state index in [1.54, 1.807) is 36.7 Å². The molecule has 1 saturated carbocycles. The minimum absolute atomic E-state index is 0.450. The van der Waals surface area contributed by atoms with E-state index in [4.69, 9.17) is 11.6 Å². The van der Waals surface area contributed by atoms with Crippen LogP contribution < -0.4 is 11.1 Å². The van der Waals surface area contributed by atoms with Crippen molar-refractivity contribution in [2.45, 2.75) is 25.8 Å². The lowest BCUT2D eigenvalue weighted by Crippen LogP contribution is -2.41. The van der Waals surface area contributed by atoms with Gasteiger partial charge in [0.1, 0.15) is 0 Å². The first-order valence-electron chi connectivity index (χ1n) is 6.74. The Morgan fingerprint density at radius 1 is 1.10 bits per heavy atom. The van der Waals surface area contributed by atoms with Crippen molar-refractivity contribution in [2.24, 2.45) is 5.92 Å². The monoisotopic (exact) mass is 290 g/mol. The predicted molar refractivity (Wildman–Crippen MR) is 78.7 cm³/mol. The maximum atomic E-state index is 12.2. The number of para-hydroxylation sites is 1. The molecule has 0 atom stereocenters. The summed E-state index contributed by atoms with van der Waals surface area (Å²) in [7, 11) is 0. The zero-order valence-corrected chi connectivity index (χ0v) is 11.7. The van der Waals surface area contributed by atoms with Gasteiger partial charge in [-0.3, -0.25) is 14.2 Å². The van der Waals surface area contributed by atoms with Crippen LogP contribution in [0.1, 0.15) is 19.3 Å². The maximum absolute atomic E-state index is 12.2. The highest BCUT2D eigenvalue weighted by atomic mass is 35.5. The molecule has 3 rings (SSSR count). The summed E-state index contributed by atoms with van der Waals surface area (Å²) >= 11 is 6.07. The first-order chi connectivity index (χ1) is 9.66. The smallest absolute Gasteiger partial charge is 0.309 e. The van der Waals surface area contributed by atoms with E-state index >= 15 is 0 Å². The number of benzene rings is 1. The molecule has 4 nitrogen and oxygen atoms in total. The largest absolute Gasteiger partial charge is 0.321 e. The molecule has 1 heterocycles. The van der Waals surface area contributed by atoms with Crippen LogP contribution in [0.25, 0.3) is 5.69 Å². The van der Waals surface area contributed by atoms with E-state index in [1.165, 1.54) is 15.6 Å². The lowest BCUT2D eigenvalue weighted by Gasteiger charge is -2.25. The number of rotatable bonds is 3. The second kappa shape index (κ2) is 5.29. The Kier molecular flexibility index (Phi) is 3.49. The van der Waals surface area contributed by atoms with E-state index in [0.717, 1.165) is 12.8 Å². The standard InChI is InChI=1S/C15H15ClN2O2/c16-12-6-1-2-7-13(12)18-9-8-17(14(19)15(18)20)10-11-4-3-5-11/h1-2,6-9,11H,3-5,10H2. The summed E-state index contributed by atoms with van der Waals surface area (Å²) in [4.78, 5) is 24.3. The van der Waals surface area contributed by atoms with Crippen LogP contribution in [-0.2, 0) is 6.54 Å². The topological polar surface area (TPSA) is 44.0 Å². The van der Waals surface area contributed by atoms with Crippen LogP contribution in [0.5, 0.6) is 0 Å². The fourth-order valence-corrected chi connectivity index (χ4v) is 2.67. The quantitative estimate of drug-likeness (QED) is 0.815. The van der Waals surface area contributed by atoms with Crippen LogP contribution in [0, 0.1) is 5.92 Å². The summed E-state index contributed by atoms with van der Waals surface area (Å²) in [5.41, 5.74) is -0.508. The fourth-order valence-electron chi connectivity index (χ4n) is 2.44. The molecule has 20 heavy (non-hydrogen) atoms. The van der Waals surface area contributed by atoms with Crippen molar-refractivity contribution in [2.75, 3.05) is 0 Å². The number of nitrogens with zero attached hydrogens (tertiary/aromatic N) is 2. The molecule has 0 aliphatic heterocycles. The highest BCUT2D eigenvalue weighted by Crippen LogP contribution is 2.27. The van der Waals surface area contributed by atoms with Gasteiger partial charge in [0, 0.05) is 18.9 Å². The SMILES string of the molecule is O=c1c(=O)n(-c2ccccc2Cl)ccn1CC1CCC1. The van der Waals surface area contributed by atoms with Crippen LogP contribution in [0.3, 0.4) is 0 Å². The molecule has 1 aromatic heterocycles. The summed E-state index contributed by atoms with van der Waals surface area (Å²) in [5, 5.41) is 0.450. The van der Waals surface area contributed by atoms with Crippen molar-refractivity contribution in [1.29, 1.82) is 0 Å². The molecular weight excluding hydrogens is 276 g/mol. The van der Waals surface area contributed by atoms with E-state index in [1.807, 2.05) is 0 Å². The Balaban J connectivity index is 2.02. The zero-order chi connectivity index (χ0) is 14.1. The van der Waals surface area contributed by atoms with Gasteiger partial charge in [0.15, 0.2) is 0 Å². The number of hydrogen-bond acceptors (Lipinski definition) is 2. The van der Waals surface area contributed by atoms with E-state index in [9.17, 15) is 9.59 Å². The fraction of sp³-hybridized carbons (Fsp3) is 0.333. The second-order valence-electron chi connectivity index (χ2n) is 5.18.